The Morgan fingerprint density at radius 1 is 0.609 bits per heavy atom. The van der Waals surface area contributed by atoms with Gasteiger partial charge in [0.25, 0.3) is 0 Å². The predicted octanol–water partition coefficient (Wildman–Crippen LogP) is 13.4. The van der Waals surface area contributed by atoms with E-state index in [-0.39, 0.29) is 12.1 Å². The van der Waals surface area contributed by atoms with E-state index in [1.165, 1.54) is 89.0 Å². The average molecular weight is 627 g/mol. The smallest absolute Gasteiger partial charge is 0.343 e. The van der Waals surface area contributed by atoms with E-state index >= 15 is 0 Å². The van der Waals surface area contributed by atoms with E-state index in [4.69, 9.17) is 9.47 Å². The first-order chi connectivity index (χ1) is 22.6. The molecule has 0 saturated heterocycles. The molecule has 0 aliphatic rings. The van der Waals surface area contributed by atoms with Crippen LogP contribution < -0.4 is 4.74 Å². The van der Waals surface area contributed by atoms with Crippen LogP contribution in [0.2, 0.25) is 0 Å². The Morgan fingerprint density at radius 3 is 1.67 bits per heavy atom. The molecule has 0 saturated carbocycles. The number of ether oxygens (including phenoxy) is 2. The van der Waals surface area contributed by atoms with Gasteiger partial charge in [-0.15, -0.1) is 0 Å². The molecule has 252 valence electrons. The Kier molecular flexibility index (Phi) is 18.4. The fourth-order valence-electron chi connectivity index (χ4n) is 6.40. The molecule has 46 heavy (non-hydrogen) atoms. The molecule has 0 N–H and O–H groups in total. The van der Waals surface area contributed by atoms with Crippen LogP contribution in [0.25, 0.3) is 11.1 Å². The highest BCUT2D eigenvalue weighted by atomic mass is 16.5. The minimum absolute atomic E-state index is 0.0840. The molecule has 2 atom stereocenters. The first-order valence-corrected chi connectivity index (χ1v) is 18.7. The second-order valence-corrected chi connectivity index (χ2v) is 13.1. The standard InChI is InChI=1S/C43H62O3/c1-5-8-9-10-11-12-13-14-15-16-17-18-19-22-34-45-35(4)37-26-28-38(29-27-37)39-30-32-40(33-31-39)43(44)46-42-25-21-20-24-41(42)36(7-3)23-6-2/h20-21,24-33,35-36H,5-19,22-23,34H2,1-4H3. The number of para-hydroxylation sites is 1. The Balaban J connectivity index is 1.34. The molecular weight excluding hydrogens is 564 g/mol. The Hall–Kier alpha value is -2.91. The average Bonchev–Trinajstić information content (AvgIpc) is 3.09. The number of carbonyl (C=O) groups is 1. The second kappa shape index (κ2) is 22.6. The molecule has 0 bridgehead atoms. The SMILES string of the molecule is CCCCCCCCCCCCCCCCOC(C)c1ccc(-c2ccc(C(=O)Oc3ccccc3C(CC)CCC)cc2)cc1. The minimum atomic E-state index is -0.314. The number of carbonyl (C=O) groups excluding carboxylic acids is 1. The van der Waals surface area contributed by atoms with Gasteiger partial charge in [0.15, 0.2) is 0 Å². The lowest BCUT2D eigenvalue weighted by atomic mass is 9.91. The van der Waals surface area contributed by atoms with Gasteiger partial charge in [-0.05, 0) is 72.6 Å². The zero-order valence-corrected chi connectivity index (χ0v) is 29.5. The van der Waals surface area contributed by atoms with E-state index in [9.17, 15) is 4.79 Å². The van der Waals surface area contributed by atoms with E-state index in [1.807, 2.05) is 42.5 Å². The van der Waals surface area contributed by atoms with Crippen molar-refractivity contribution >= 4 is 5.97 Å². The Labute approximate surface area is 281 Å². The first kappa shape index (κ1) is 37.5. The number of hydrogen-bond donors (Lipinski definition) is 0. The third kappa shape index (κ3) is 13.4. The Bertz CT molecular complexity index is 1210. The summed E-state index contributed by atoms with van der Waals surface area (Å²) in [6.07, 6.45) is 22.5. The van der Waals surface area contributed by atoms with Crippen LogP contribution in [-0.2, 0) is 4.74 Å². The van der Waals surface area contributed by atoms with Crippen molar-refractivity contribution in [2.75, 3.05) is 6.61 Å². The number of unbranched alkanes of at least 4 members (excludes halogenated alkanes) is 13. The number of esters is 1. The van der Waals surface area contributed by atoms with Crippen LogP contribution >= 0.6 is 0 Å². The number of rotatable bonds is 24. The van der Waals surface area contributed by atoms with Crippen molar-refractivity contribution in [3.8, 4) is 16.9 Å². The van der Waals surface area contributed by atoms with Crippen LogP contribution in [0.5, 0.6) is 5.75 Å². The molecule has 0 aliphatic heterocycles. The molecule has 0 fully saturated rings. The van der Waals surface area contributed by atoms with Crippen molar-refractivity contribution in [1.29, 1.82) is 0 Å². The quantitative estimate of drug-likeness (QED) is 0.0564. The van der Waals surface area contributed by atoms with Gasteiger partial charge in [0.05, 0.1) is 11.7 Å². The summed E-state index contributed by atoms with van der Waals surface area (Å²) in [5, 5.41) is 0. The molecule has 0 aliphatic carbocycles. The van der Waals surface area contributed by atoms with E-state index in [0.29, 0.717) is 17.2 Å². The maximum absolute atomic E-state index is 13.0. The lowest BCUT2D eigenvalue weighted by molar-refractivity contribution is 0.0627. The molecule has 0 heterocycles. The second-order valence-electron chi connectivity index (χ2n) is 13.1. The van der Waals surface area contributed by atoms with E-state index in [2.05, 4.69) is 58.0 Å². The topological polar surface area (TPSA) is 35.5 Å². The molecule has 3 aromatic carbocycles. The van der Waals surface area contributed by atoms with Crippen molar-refractivity contribution in [3.63, 3.8) is 0 Å². The van der Waals surface area contributed by atoms with Crippen LogP contribution in [-0.4, -0.2) is 12.6 Å². The molecule has 0 aromatic heterocycles. The maximum atomic E-state index is 13.0. The fraction of sp³-hybridized carbons (Fsp3) is 0.558. The van der Waals surface area contributed by atoms with Gasteiger partial charge < -0.3 is 9.47 Å². The molecule has 3 aromatic rings. The summed E-state index contributed by atoms with van der Waals surface area (Å²) in [7, 11) is 0. The van der Waals surface area contributed by atoms with Gasteiger partial charge in [-0.1, -0.05) is 165 Å². The van der Waals surface area contributed by atoms with Crippen LogP contribution in [0, 0.1) is 0 Å². The third-order valence-corrected chi connectivity index (χ3v) is 9.39. The zero-order valence-electron chi connectivity index (χ0n) is 29.5. The van der Waals surface area contributed by atoms with Gasteiger partial charge in [0.2, 0.25) is 0 Å². The van der Waals surface area contributed by atoms with Gasteiger partial charge in [-0.2, -0.15) is 0 Å². The predicted molar refractivity (Wildman–Crippen MR) is 196 cm³/mol. The summed E-state index contributed by atoms with van der Waals surface area (Å²) in [5.41, 5.74) is 5.08. The minimum Gasteiger partial charge on any atom is -0.423 e. The van der Waals surface area contributed by atoms with Crippen LogP contribution in [0.3, 0.4) is 0 Å². The largest absolute Gasteiger partial charge is 0.423 e. The first-order valence-electron chi connectivity index (χ1n) is 18.7. The zero-order chi connectivity index (χ0) is 32.8. The van der Waals surface area contributed by atoms with Gasteiger partial charge in [0, 0.05) is 6.61 Å². The molecule has 0 amide bonds. The molecule has 0 radical (unpaired) electrons. The summed E-state index contributed by atoms with van der Waals surface area (Å²) >= 11 is 0. The van der Waals surface area contributed by atoms with Gasteiger partial charge in [0.1, 0.15) is 5.75 Å². The molecule has 3 rings (SSSR count). The molecule has 3 nitrogen and oxygen atoms in total. The molecule has 2 unspecified atom stereocenters. The monoisotopic (exact) mass is 626 g/mol. The van der Waals surface area contributed by atoms with Crippen LogP contribution in [0.15, 0.2) is 72.8 Å². The van der Waals surface area contributed by atoms with Crippen molar-refractivity contribution in [1.82, 2.24) is 0 Å². The molecule has 3 heteroatoms. The number of benzene rings is 3. The van der Waals surface area contributed by atoms with Gasteiger partial charge in [-0.3, -0.25) is 0 Å². The van der Waals surface area contributed by atoms with E-state index < -0.39 is 0 Å². The Morgan fingerprint density at radius 2 is 1.13 bits per heavy atom. The van der Waals surface area contributed by atoms with Crippen molar-refractivity contribution < 1.29 is 14.3 Å². The van der Waals surface area contributed by atoms with Crippen molar-refractivity contribution in [2.45, 2.75) is 149 Å². The van der Waals surface area contributed by atoms with Gasteiger partial charge in [-0.25, -0.2) is 4.79 Å². The normalized spacial score (nSPS) is 12.6. The highest BCUT2D eigenvalue weighted by Crippen LogP contribution is 2.33. The van der Waals surface area contributed by atoms with E-state index in [1.54, 1.807) is 0 Å². The summed E-state index contributed by atoms with van der Waals surface area (Å²) < 4.78 is 12.1. The lowest BCUT2D eigenvalue weighted by Crippen LogP contribution is -2.11. The fourth-order valence-corrected chi connectivity index (χ4v) is 6.40. The summed E-state index contributed by atoms with van der Waals surface area (Å²) in [4.78, 5) is 13.0. The molecular formula is C43H62O3. The molecule has 0 spiro atoms. The van der Waals surface area contributed by atoms with Crippen LogP contribution in [0.1, 0.15) is 170 Å². The highest BCUT2D eigenvalue weighted by Gasteiger charge is 2.17. The maximum Gasteiger partial charge on any atom is 0.343 e. The summed E-state index contributed by atoms with van der Waals surface area (Å²) in [6, 6.07) is 24.3. The van der Waals surface area contributed by atoms with Crippen molar-refractivity contribution in [2.24, 2.45) is 0 Å². The van der Waals surface area contributed by atoms with Crippen molar-refractivity contribution in [3.05, 3.63) is 89.5 Å². The summed E-state index contributed by atoms with van der Waals surface area (Å²) in [5.74, 6) is 0.759. The highest BCUT2D eigenvalue weighted by molar-refractivity contribution is 5.91. The number of hydrogen-bond acceptors (Lipinski definition) is 3. The summed E-state index contributed by atoms with van der Waals surface area (Å²) in [6.45, 7) is 9.64. The third-order valence-electron chi connectivity index (χ3n) is 9.39. The van der Waals surface area contributed by atoms with Gasteiger partial charge >= 0.3 is 5.97 Å². The van der Waals surface area contributed by atoms with Crippen LogP contribution in [0.4, 0.5) is 0 Å². The van der Waals surface area contributed by atoms with E-state index in [0.717, 1.165) is 49.0 Å². The lowest BCUT2D eigenvalue weighted by Gasteiger charge is -2.18.